The average Bonchev–Trinajstić information content (AvgIpc) is 3.01. The molecule has 0 radical (unpaired) electrons. The molecule has 0 aliphatic carbocycles. The number of carbonyl (C=O) groups is 2. The van der Waals surface area contributed by atoms with Gasteiger partial charge in [-0.1, -0.05) is 20.8 Å². The van der Waals surface area contributed by atoms with Crippen molar-refractivity contribution in [1.82, 2.24) is 20.4 Å². The van der Waals surface area contributed by atoms with Crippen LogP contribution in [0.3, 0.4) is 0 Å². The van der Waals surface area contributed by atoms with Gasteiger partial charge in [0.1, 0.15) is 0 Å². The number of nitrogens with one attached hydrogen (secondary N) is 2. The number of aromatic nitrogens is 2. The maximum absolute atomic E-state index is 12.5. The van der Waals surface area contributed by atoms with Gasteiger partial charge in [-0.2, -0.15) is 5.10 Å². The Morgan fingerprint density at radius 3 is 2.59 bits per heavy atom. The summed E-state index contributed by atoms with van der Waals surface area (Å²) in [6, 6.07) is 0.0674. The molecule has 1 saturated heterocycles. The van der Waals surface area contributed by atoms with Crippen molar-refractivity contribution in [1.29, 1.82) is 0 Å². The number of likely N-dealkylation sites (tertiary alicyclic amines) is 1. The Hall–Kier alpha value is -1.85. The van der Waals surface area contributed by atoms with E-state index < -0.39 is 5.41 Å². The van der Waals surface area contributed by atoms with Gasteiger partial charge in [0.2, 0.25) is 11.8 Å². The van der Waals surface area contributed by atoms with Crippen LogP contribution in [0.2, 0.25) is 0 Å². The molecule has 0 saturated carbocycles. The van der Waals surface area contributed by atoms with Crippen LogP contribution >= 0.6 is 0 Å². The smallest absolute Gasteiger partial charge is 0.242 e. The van der Waals surface area contributed by atoms with Gasteiger partial charge in [0, 0.05) is 23.2 Å². The second-order valence-corrected chi connectivity index (χ2v) is 7.03. The van der Waals surface area contributed by atoms with Crippen LogP contribution in [0.4, 0.5) is 0 Å². The van der Waals surface area contributed by atoms with Crippen LogP contribution in [0.1, 0.15) is 56.6 Å². The Labute approximate surface area is 131 Å². The fraction of sp³-hybridized carbons (Fsp3) is 0.688. The number of hydrogen-bond donors (Lipinski definition) is 2. The van der Waals surface area contributed by atoms with Crippen LogP contribution in [-0.2, 0) is 9.59 Å². The molecule has 0 bridgehead atoms. The molecule has 2 amide bonds. The fourth-order valence-electron chi connectivity index (χ4n) is 2.94. The van der Waals surface area contributed by atoms with E-state index in [-0.39, 0.29) is 24.4 Å². The zero-order valence-electron chi connectivity index (χ0n) is 14.1. The van der Waals surface area contributed by atoms with Gasteiger partial charge < -0.3 is 10.2 Å². The number of rotatable bonds is 3. The zero-order valence-corrected chi connectivity index (χ0v) is 14.1. The monoisotopic (exact) mass is 306 g/mol. The van der Waals surface area contributed by atoms with Crippen LogP contribution in [0.25, 0.3) is 0 Å². The largest absolute Gasteiger partial charge is 0.347 e. The highest BCUT2D eigenvalue weighted by Crippen LogP contribution is 2.34. The highest BCUT2D eigenvalue weighted by molar-refractivity contribution is 5.87. The lowest BCUT2D eigenvalue weighted by molar-refractivity contribution is -0.135. The van der Waals surface area contributed by atoms with E-state index in [4.69, 9.17) is 0 Å². The number of carbonyl (C=O) groups excluding carboxylic acids is 2. The van der Waals surface area contributed by atoms with E-state index >= 15 is 0 Å². The molecule has 0 aromatic carbocycles. The van der Waals surface area contributed by atoms with E-state index in [1.165, 1.54) is 0 Å². The first kappa shape index (κ1) is 16.5. The minimum atomic E-state index is -0.484. The number of aromatic amines is 1. The standard InChI is InChI=1S/C16H26N4O2/c1-10-14(11(2)19-18-10)12-7-6-8-20(12)13(21)9-17-15(22)16(3,4)5/h12H,6-9H2,1-5H3,(H,17,22)(H,18,19)/t12-/m0/s1. The Kier molecular flexibility index (Phi) is 4.58. The SMILES string of the molecule is Cc1n[nH]c(C)c1[C@@H]1CCCN1C(=O)CNC(=O)C(C)(C)C. The van der Waals surface area contributed by atoms with Gasteiger partial charge in [-0.15, -0.1) is 0 Å². The molecule has 1 aromatic rings. The fourth-order valence-corrected chi connectivity index (χ4v) is 2.94. The third-order valence-corrected chi connectivity index (χ3v) is 4.17. The first-order chi connectivity index (χ1) is 10.2. The van der Waals surface area contributed by atoms with E-state index in [0.717, 1.165) is 36.3 Å². The first-order valence-electron chi connectivity index (χ1n) is 7.81. The van der Waals surface area contributed by atoms with Crippen molar-refractivity contribution in [3.63, 3.8) is 0 Å². The average molecular weight is 306 g/mol. The zero-order chi connectivity index (χ0) is 16.5. The summed E-state index contributed by atoms with van der Waals surface area (Å²) in [5.41, 5.74) is 2.59. The van der Waals surface area contributed by atoms with Crippen LogP contribution in [0.5, 0.6) is 0 Å². The van der Waals surface area contributed by atoms with Crippen molar-refractivity contribution >= 4 is 11.8 Å². The van der Waals surface area contributed by atoms with Crippen LogP contribution in [0, 0.1) is 19.3 Å². The van der Waals surface area contributed by atoms with Gasteiger partial charge >= 0.3 is 0 Å². The molecule has 1 fully saturated rings. The Bertz CT molecular complexity index is 552. The lowest BCUT2D eigenvalue weighted by atomic mass is 9.96. The molecule has 1 atom stereocenters. The van der Waals surface area contributed by atoms with Crippen molar-refractivity contribution in [2.45, 2.75) is 53.5 Å². The Morgan fingerprint density at radius 2 is 2.05 bits per heavy atom. The van der Waals surface area contributed by atoms with E-state index in [1.54, 1.807) is 0 Å². The van der Waals surface area contributed by atoms with Crippen molar-refractivity contribution in [2.75, 3.05) is 13.1 Å². The topological polar surface area (TPSA) is 78.1 Å². The summed E-state index contributed by atoms with van der Waals surface area (Å²) in [5, 5.41) is 9.95. The van der Waals surface area contributed by atoms with Crippen molar-refractivity contribution in [3.05, 3.63) is 17.0 Å². The van der Waals surface area contributed by atoms with E-state index in [9.17, 15) is 9.59 Å². The Balaban J connectivity index is 2.05. The molecule has 6 heteroatoms. The van der Waals surface area contributed by atoms with Gasteiger partial charge in [-0.25, -0.2) is 0 Å². The van der Waals surface area contributed by atoms with Gasteiger partial charge in [0.05, 0.1) is 18.3 Å². The highest BCUT2D eigenvalue weighted by atomic mass is 16.2. The normalized spacial score (nSPS) is 18.6. The molecule has 6 nitrogen and oxygen atoms in total. The van der Waals surface area contributed by atoms with Crippen molar-refractivity contribution in [3.8, 4) is 0 Å². The predicted molar refractivity (Wildman–Crippen MR) is 84.2 cm³/mol. The molecule has 0 spiro atoms. The van der Waals surface area contributed by atoms with Crippen molar-refractivity contribution in [2.24, 2.45) is 5.41 Å². The van der Waals surface area contributed by atoms with Crippen LogP contribution in [0.15, 0.2) is 0 Å². The molecule has 2 heterocycles. The summed E-state index contributed by atoms with van der Waals surface area (Å²) >= 11 is 0. The third kappa shape index (κ3) is 3.31. The second kappa shape index (κ2) is 6.10. The molecule has 1 aliphatic rings. The summed E-state index contributed by atoms with van der Waals surface area (Å²) in [4.78, 5) is 26.3. The molecule has 2 rings (SSSR count). The quantitative estimate of drug-likeness (QED) is 0.894. The summed E-state index contributed by atoms with van der Waals surface area (Å²) in [6.07, 6.45) is 1.92. The second-order valence-electron chi connectivity index (χ2n) is 7.03. The number of aryl methyl sites for hydroxylation is 2. The first-order valence-corrected chi connectivity index (χ1v) is 7.81. The molecule has 2 N–H and O–H groups in total. The van der Waals surface area contributed by atoms with E-state index in [1.807, 2.05) is 39.5 Å². The number of nitrogens with zero attached hydrogens (tertiary/aromatic N) is 2. The predicted octanol–water partition coefficient (Wildman–Crippen LogP) is 1.85. The highest BCUT2D eigenvalue weighted by Gasteiger charge is 2.33. The minimum absolute atomic E-state index is 0.0277. The Morgan fingerprint density at radius 1 is 1.36 bits per heavy atom. The maximum atomic E-state index is 12.5. The van der Waals surface area contributed by atoms with Gasteiger partial charge in [-0.05, 0) is 26.7 Å². The van der Waals surface area contributed by atoms with Gasteiger partial charge in [0.25, 0.3) is 0 Å². The summed E-state index contributed by atoms with van der Waals surface area (Å²) in [7, 11) is 0. The van der Waals surface area contributed by atoms with Crippen LogP contribution < -0.4 is 5.32 Å². The third-order valence-electron chi connectivity index (χ3n) is 4.17. The molecular weight excluding hydrogens is 280 g/mol. The van der Waals surface area contributed by atoms with Gasteiger partial charge in [-0.3, -0.25) is 14.7 Å². The molecule has 1 aromatic heterocycles. The van der Waals surface area contributed by atoms with Gasteiger partial charge in [0.15, 0.2) is 0 Å². The lowest BCUT2D eigenvalue weighted by Gasteiger charge is -2.26. The summed E-state index contributed by atoms with van der Waals surface area (Å²) in [5.74, 6) is -0.132. The minimum Gasteiger partial charge on any atom is -0.347 e. The summed E-state index contributed by atoms with van der Waals surface area (Å²) in [6.45, 7) is 10.2. The number of amides is 2. The molecule has 0 unspecified atom stereocenters. The number of hydrogen-bond acceptors (Lipinski definition) is 3. The molecule has 22 heavy (non-hydrogen) atoms. The maximum Gasteiger partial charge on any atom is 0.242 e. The van der Waals surface area contributed by atoms with E-state index in [0.29, 0.717) is 0 Å². The van der Waals surface area contributed by atoms with Crippen molar-refractivity contribution < 1.29 is 9.59 Å². The van der Waals surface area contributed by atoms with Crippen LogP contribution in [-0.4, -0.2) is 40.0 Å². The molecule has 1 aliphatic heterocycles. The summed E-state index contributed by atoms with van der Waals surface area (Å²) < 4.78 is 0. The molecular formula is C16H26N4O2. The molecule has 122 valence electrons. The number of H-pyrrole nitrogens is 1. The van der Waals surface area contributed by atoms with E-state index in [2.05, 4.69) is 15.5 Å². The lowest BCUT2D eigenvalue weighted by Crippen LogP contribution is -2.43.